The molecule has 1 atom stereocenters. The van der Waals surface area contributed by atoms with Crippen molar-refractivity contribution >= 4 is 21.4 Å². The molecule has 3 nitrogen and oxygen atoms in total. The summed E-state index contributed by atoms with van der Waals surface area (Å²) in [5, 5.41) is 8.47. The van der Waals surface area contributed by atoms with Crippen molar-refractivity contribution in [2.45, 2.75) is 12.8 Å². The first-order valence-corrected chi connectivity index (χ1v) is 6.22. The summed E-state index contributed by atoms with van der Waals surface area (Å²) in [7, 11) is -2.89. The van der Waals surface area contributed by atoms with Crippen molar-refractivity contribution in [2.24, 2.45) is 5.92 Å². The highest BCUT2D eigenvalue weighted by molar-refractivity contribution is 7.90. The molecule has 0 heterocycles. The molecule has 0 aromatic carbocycles. The maximum absolute atomic E-state index is 10.7. The quantitative estimate of drug-likeness (QED) is 0.640. The fraction of sp³-hybridized carbons (Fsp3) is 0.857. The van der Waals surface area contributed by atoms with Crippen LogP contribution in [0.5, 0.6) is 0 Å². The number of hydrogen-bond acceptors (Lipinski definition) is 3. The van der Waals surface area contributed by atoms with Crippen LogP contribution in [-0.2, 0) is 9.84 Å². The lowest BCUT2D eigenvalue weighted by atomic mass is 10.1. The summed E-state index contributed by atoms with van der Waals surface area (Å²) in [4.78, 5) is 0. The standard InChI is InChI=1S/C7H12ClNO2S/c1-12(10,11)4-2-3-7(5-8)6-9/h7H,2-5H2,1H3. The van der Waals surface area contributed by atoms with Crippen molar-refractivity contribution in [3.05, 3.63) is 0 Å². The molecule has 0 aromatic rings. The highest BCUT2D eigenvalue weighted by atomic mass is 35.5. The van der Waals surface area contributed by atoms with Gasteiger partial charge in [0.1, 0.15) is 9.84 Å². The van der Waals surface area contributed by atoms with Gasteiger partial charge in [0, 0.05) is 17.9 Å². The summed E-state index contributed by atoms with van der Waals surface area (Å²) < 4.78 is 21.3. The molecule has 0 saturated carbocycles. The Bertz CT molecular complexity index is 255. The van der Waals surface area contributed by atoms with Gasteiger partial charge in [-0.3, -0.25) is 0 Å². The molecule has 1 unspecified atom stereocenters. The van der Waals surface area contributed by atoms with E-state index >= 15 is 0 Å². The average molecular weight is 210 g/mol. The normalized spacial score (nSPS) is 13.8. The number of hydrogen-bond donors (Lipinski definition) is 0. The fourth-order valence-electron chi connectivity index (χ4n) is 0.768. The van der Waals surface area contributed by atoms with Gasteiger partial charge >= 0.3 is 0 Å². The minimum absolute atomic E-state index is 0.141. The third kappa shape index (κ3) is 6.44. The molecule has 0 aliphatic rings. The Morgan fingerprint density at radius 3 is 2.50 bits per heavy atom. The highest BCUT2D eigenvalue weighted by Gasteiger charge is 2.07. The lowest BCUT2D eigenvalue weighted by molar-refractivity contribution is 0.589. The number of rotatable bonds is 5. The van der Waals surface area contributed by atoms with Crippen molar-refractivity contribution in [3.8, 4) is 6.07 Å². The molecule has 0 bridgehead atoms. The molecule has 5 heteroatoms. The molecule has 0 rings (SSSR count). The van der Waals surface area contributed by atoms with Gasteiger partial charge in [-0.2, -0.15) is 5.26 Å². The maximum atomic E-state index is 10.7. The molecule has 0 spiro atoms. The van der Waals surface area contributed by atoms with Crippen LogP contribution in [0.15, 0.2) is 0 Å². The predicted octanol–water partition coefficient (Wildman–Crippen LogP) is 1.19. The molecule has 0 aliphatic carbocycles. The van der Waals surface area contributed by atoms with E-state index in [1.54, 1.807) is 0 Å². The van der Waals surface area contributed by atoms with Crippen LogP contribution in [0.4, 0.5) is 0 Å². The first-order chi connectivity index (χ1) is 5.49. The third-order valence-corrected chi connectivity index (χ3v) is 2.84. The average Bonchev–Trinajstić information content (AvgIpc) is 1.96. The lowest BCUT2D eigenvalue weighted by Gasteiger charge is -2.02. The minimum Gasteiger partial charge on any atom is -0.229 e. The minimum atomic E-state index is -2.89. The van der Waals surface area contributed by atoms with E-state index in [0.29, 0.717) is 12.8 Å². The van der Waals surface area contributed by atoms with Crippen LogP contribution in [0.2, 0.25) is 0 Å². The second kappa shape index (κ2) is 5.39. The van der Waals surface area contributed by atoms with Crippen LogP contribution in [0.1, 0.15) is 12.8 Å². The van der Waals surface area contributed by atoms with Crippen LogP contribution in [0, 0.1) is 17.2 Å². The van der Waals surface area contributed by atoms with Crippen LogP contribution < -0.4 is 0 Å². The van der Waals surface area contributed by atoms with Crippen molar-refractivity contribution < 1.29 is 8.42 Å². The van der Waals surface area contributed by atoms with Gasteiger partial charge in [-0.25, -0.2) is 8.42 Å². The number of halogens is 1. The first kappa shape index (κ1) is 11.7. The molecular formula is C7H12ClNO2S. The second-order valence-electron chi connectivity index (χ2n) is 2.75. The third-order valence-electron chi connectivity index (χ3n) is 1.44. The Labute approximate surface area is 78.3 Å². The van der Waals surface area contributed by atoms with E-state index in [1.807, 2.05) is 6.07 Å². The smallest absolute Gasteiger partial charge is 0.147 e. The molecule has 0 radical (unpaired) electrons. The molecule has 0 saturated heterocycles. The van der Waals surface area contributed by atoms with Gasteiger partial charge < -0.3 is 0 Å². The van der Waals surface area contributed by atoms with E-state index in [0.717, 1.165) is 0 Å². The van der Waals surface area contributed by atoms with Crippen molar-refractivity contribution in [1.29, 1.82) is 5.26 Å². The zero-order valence-electron chi connectivity index (χ0n) is 6.96. The van der Waals surface area contributed by atoms with Crippen molar-refractivity contribution in [3.63, 3.8) is 0 Å². The van der Waals surface area contributed by atoms with Gasteiger partial charge in [0.15, 0.2) is 0 Å². The Hall–Kier alpha value is -0.270. The van der Waals surface area contributed by atoms with E-state index in [4.69, 9.17) is 16.9 Å². The molecule has 0 N–H and O–H groups in total. The van der Waals surface area contributed by atoms with E-state index in [1.165, 1.54) is 6.26 Å². The van der Waals surface area contributed by atoms with E-state index in [-0.39, 0.29) is 17.6 Å². The second-order valence-corrected chi connectivity index (χ2v) is 5.32. The van der Waals surface area contributed by atoms with Gasteiger partial charge in [-0.05, 0) is 12.8 Å². The molecule has 0 aliphatic heterocycles. The Balaban J connectivity index is 3.64. The SMILES string of the molecule is CS(=O)(=O)CCCC(C#N)CCl. The molecule has 70 valence electrons. The summed E-state index contributed by atoms with van der Waals surface area (Å²) in [6, 6.07) is 2.01. The molecule has 0 fully saturated rings. The van der Waals surface area contributed by atoms with Gasteiger partial charge in [0.05, 0.1) is 12.0 Å². The molecule has 0 amide bonds. The van der Waals surface area contributed by atoms with Crippen LogP contribution in [0.25, 0.3) is 0 Å². The molecule has 12 heavy (non-hydrogen) atoms. The maximum Gasteiger partial charge on any atom is 0.147 e. The highest BCUT2D eigenvalue weighted by Crippen LogP contribution is 2.07. The zero-order valence-corrected chi connectivity index (χ0v) is 8.53. The van der Waals surface area contributed by atoms with Gasteiger partial charge in [-0.1, -0.05) is 0 Å². The topological polar surface area (TPSA) is 57.9 Å². The molecule has 0 aromatic heterocycles. The zero-order chi connectivity index (χ0) is 9.61. The van der Waals surface area contributed by atoms with Crippen LogP contribution in [-0.4, -0.2) is 26.3 Å². The van der Waals surface area contributed by atoms with E-state index in [2.05, 4.69) is 0 Å². The molecular weight excluding hydrogens is 198 g/mol. The van der Waals surface area contributed by atoms with Crippen LogP contribution in [0.3, 0.4) is 0 Å². The fourth-order valence-corrected chi connectivity index (χ4v) is 1.68. The van der Waals surface area contributed by atoms with E-state index in [9.17, 15) is 8.42 Å². The first-order valence-electron chi connectivity index (χ1n) is 3.63. The number of sulfone groups is 1. The summed E-state index contributed by atoms with van der Waals surface area (Å²) in [6.45, 7) is 0. The van der Waals surface area contributed by atoms with Crippen molar-refractivity contribution in [1.82, 2.24) is 0 Å². The van der Waals surface area contributed by atoms with Crippen molar-refractivity contribution in [2.75, 3.05) is 17.9 Å². The van der Waals surface area contributed by atoms with Gasteiger partial charge in [-0.15, -0.1) is 11.6 Å². The largest absolute Gasteiger partial charge is 0.229 e. The number of nitriles is 1. The predicted molar refractivity (Wildman–Crippen MR) is 48.8 cm³/mol. The summed E-state index contributed by atoms with van der Waals surface area (Å²) in [5.74, 6) is 0.205. The van der Waals surface area contributed by atoms with E-state index < -0.39 is 9.84 Å². The summed E-state index contributed by atoms with van der Waals surface area (Å²) in [5.41, 5.74) is 0. The number of nitrogens with zero attached hydrogens (tertiary/aromatic N) is 1. The van der Waals surface area contributed by atoms with Crippen LogP contribution >= 0.6 is 11.6 Å². The Morgan fingerprint density at radius 2 is 2.17 bits per heavy atom. The number of alkyl halides is 1. The monoisotopic (exact) mass is 209 g/mol. The lowest BCUT2D eigenvalue weighted by Crippen LogP contribution is -2.06. The Kier molecular flexibility index (Phi) is 5.27. The van der Waals surface area contributed by atoms with Gasteiger partial charge in [0.25, 0.3) is 0 Å². The Morgan fingerprint density at radius 1 is 1.58 bits per heavy atom. The van der Waals surface area contributed by atoms with Gasteiger partial charge in [0.2, 0.25) is 0 Å². The summed E-state index contributed by atoms with van der Waals surface area (Å²) in [6.07, 6.45) is 2.27. The summed E-state index contributed by atoms with van der Waals surface area (Å²) >= 11 is 5.45.